The standard InChI is InChI=1S/C13H15NO2/c1-4-14-11-7-12-10(5-8(11)2)6-9(3)13(15)16-12/h5-7,14H,4H2,1-3H3. The predicted octanol–water partition coefficient (Wildman–Crippen LogP) is 2.84. The molecule has 0 aliphatic carbocycles. The van der Waals surface area contributed by atoms with Gasteiger partial charge in [0, 0.05) is 29.2 Å². The minimum Gasteiger partial charge on any atom is -0.422 e. The Kier molecular flexibility index (Phi) is 2.69. The molecule has 0 saturated heterocycles. The van der Waals surface area contributed by atoms with Crippen molar-refractivity contribution in [2.24, 2.45) is 0 Å². The Morgan fingerprint density at radius 2 is 1.88 bits per heavy atom. The van der Waals surface area contributed by atoms with E-state index in [9.17, 15) is 4.79 Å². The fraction of sp³-hybridized carbons (Fsp3) is 0.308. The van der Waals surface area contributed by atoms with Gasteiger partial charge in [0.1, 0.15) is 5.58 Å². The molecule has 1 heterocycles. The molecule has 0 bridgehead atoms. The molecule has 0 spiro atoms. The van der Waals surface area contributed by atoms with E-state index in [0.717, 1.165) is 23.2 Å². The molecule has 3 heteroatoms. The first kappa shape index (κ1) is 10.7. The molecule has 2 aromatic rings. The van der Waals surface area contributed by atoms with Crippen LogP contribution in [0.2, 0.25) is 0 Å². The van der Waals surface area contributed by atoms with Crippen molar-refractivity contribution in [1.29, 1.82) is 0 Å². The number of anilines is 1. The fourth-order valence-corrected chi connectivity index (χ4v) is 1.77. The minimum absolute atomic E-state index is 0.265. The summed E-state index contributed by atoms with van der Waals surface area (Å²) in [6.45, 7) is 6.69. The van der Waals surface area contributed by atoms with Gasteiger partial charge in [0.2, 0.25) is 0 Å². The highest BCUT2D eigenvalue weighted by Crippen LogP contribution is 2.22. The Hall–Kier alpha value is -1.77. The topological polar surface area (TPSA) is 42.2 Å². The Balaban J connectivity index is 2.69. The molecule has 0 atom stereocenters. The van der Waals surface area contributed by atoms with Gasteiger partial charge in [0.05, 0.1) is 0 Å². The monoisotopic (exact) mass is 217 g/mol. The molecule has 3 nitrogen and oxygen atoms in total. The van der Waals surface area contributed by atoms with Crippen molar-refractivity contribution in [2.75, 3.05) is 11.9 Å². The quantitative estimate of drug-likeness (QED) is 0.786. The number of hydrogen-bond donors (Lipinski definition) is 1. The molecule has 2 rings (SSSR count). The summed E-state index contributed by atoms with van der Waals surface area (Å²) in [4.78, 5) is 11.4. The first-order valence-corrected chi connectivity index (χ1v) is 5.41. The van der Waals surface area contributed by atoms with E-state index in [-0.39, 0.29) is 5.63 Å². The third-order valence-electron chi connectivity index (χ3n) is 2.62. The van der Waals surface area contributed by atoms with Gasteiger partial charge in [-0.15, -0.1) is 0 Å². The second-order valence-electron chi connectivity index (χ2n) is 3.95. The van der Waals surface area contributed by atoms with Crippen molar-refractivity contribution in [2.45, 2.75) is 20.8 Å². The lowest BCUT2D eigenvalue weighted by atomic mass is 10.1. The fourth-order valence-electron chi connectivity index (χ4n) is 1.77. The van der Waals surface area contributed by atoms with E-state index in [1.165, 1.54) is 0 Å². The van der Waals surface area contributed by atoms with Gasteiger partial charge in [-0.3, -0.25) is 0 Å². The van der Waals surface area contributed by atoms with Gasteiger partial charge < -0.3 is 9.73 Å². The zero-order chi connectivity index (χ0) is 11.7. The minimum atomic E-state index is -0.265. The summed E-state index contributed by atoms with van der Waals surface area (Å²) in [6, 6.07) is 5.78. The summed E-state index contributed by atoms with van der Waals surface area (Å²) in [5.74, 6) is 0. The summed E-state index contributed by atoms with van der Waals surface area (Å²) >= 11 is 0. The average Bonchev–Trinajstić information content (AvgIpc) is 2.23. The molecule has 16 heavy (non-hydrogen) atoms. The number of rotatable bonds is 2. The maximum Gasteiger partial charge on any atom is 0.339 e. The zero-order valence-corrected chi connectivity index (χ0v) is 9.76. The summed E-state index contributed by atoms with van der Waals surface area (Å²) in [5.41, 5.74) is 3.18. The van der Waals surface area contributed by atoms with Crippen LogP contribution in [0.1, 0.15) is 18.1 Å². The van der Waals surface area contributed by atoms with Crippen molar-refractivity contribution in [1.82, 2.24) is 0 Å². The van der Waals surface area contributed by atoms with Crippen LogP contribution in [-0.4, -0.2) is 6.54 Å². The molecule has 1 N–H and O–H groups in total. The largest absolute Gasteiger partial charge is 0.422 e. The molecule has 0 amide bonds. The third kappa shape index (κ3) is 1.81. The van der Waals surface area contributed by atoms with E-state index >= 15 is 0 Å². The van der Waals surface area contributed by atoms with Gasteiger partial charge in [-0.25, -0.2) is 4.79 Å². The molecule has 0 saturated carbocycles. The Morgan fingerprint density at radius 1 is 1.19 bits per heavy atom. The predicted molar refractivity (Wildman–Crippen MR) is 66.1 cm³/mol. The summed E-state index contributed by atoms with van der Waals surface area (Å²) in [5, 5.41) is 4.21. The van der Waals surface area contributed by atoms with E-state index in [0.29, 0.717) is 11.1 Å². The number of hydrogen-bond acceptors (Lipinski definition) is 3. The summed E-state index contributed by atoms with van der Waals surface area (Å²) in [6.07, 6.45) is 0. The number of nitrogens with one attached hydrogen (secondary N) is 1. The lowest BCUT2D eigenvalue weighted by molar-refractivity contribution is 0.555. The second kappa shape index (κ2) is 4.00. The van der Waals surface area contributed by atoms with Crippen LogP contribution < -0.4 is 10.9 Å². The molecule has 0 radical (unpaired) electrons. The average molecular weight is 217 g/mol. The molecule has 1 aromatic heterocycles. The third-order valence-corrected chi connectivity index (χ3v) is 2.62. The van der Waals surface area contributed by atoms with E-state index in [2.05, 4.69) is 5.32 Å². The summed E-state index contributed by atoms with van der Waals surface area (Å²) in [7, 11) is 0. The van der Waals surface area contributed by atoms with E-state index in [4.69, 9.17) is 4.42 Å². The first-order valence-electron chi connectivity index (χ1n) is 5.41. The van der Waals surface area contributed by atoms with E-state index < -0.39 is 0 Å². The van der Waals surface area contributed by atoms with Gasteiger partial charge in [0.15, 0.2) is 0 Å². The van der Waals surface area contributed by atoms with Crippen molar-refractivity contribution < 1.29 is 4.42 Å². The van der Waals surface area contributed by atoms with Gasteiger partial charge in [-0.1, -0.05) is 0 Å². The molecule has 1 aromatic carbocycles. The van der Waals surface area contributed by atoms with Crippen molar-refractivity contribution in [3.05, 3.63) is 39.7 Å². The van der Waals surface area contributed by atoms with Crippen LogP contribution >= 0.6 is 0 Å². The highest BCUT2D eigenvalue weighted by molar-refractivity contribution is 5.82. The van der Waals surface area contributed by atoms with Gasteiger partial charge >= 0.3 is 5.63 Å². The van der Waals surface area contributed by atoms with E-state index in [1.807, 2.05) is 32.0 Å². The van der Waals surface area contributed by atoms with Crippen LogP contribution in [0.5, 0.6) is 0 Å². The van der Waals surface area contributed by atoms with Crippen LogP contribution in [0, 0.1) is 13.8 Å². The smallest absolute Gasteiger partial charge is 0.339 e. The van der Waals surface area contributed by atoms with Gasteiger partial charge in [-0.2, -0.15) is 0 Å². The number of aryl methyl sites for hydroxylation is 2. The van der Waals surface area contributed by atoms with Crippen molar-refractivity contribution in [3.8, 4) is 0 Å². The van der Waals surface area contributed by atoms with Crippen LogP contribution in [0.4, 0.5) is 5.69 Å². The van der Waals surface area contributed by atoms with Crippen LogP contribution in [0.15, 0.2) is 27.4 Å². The van der Waals surface area contributed by atoms with Crippen LogP contribution in [0.25, 0.3) is 11.0 Å². The highest BCUT2D eigenvalue weighted by Gasteiger charge is 2.05. The molecule has 0 fully saturated rings. The Morgan fingerprint density at radius 3 is 2.56 bits per heavy atom. The molecule has 84 valence electrons. The van der Waals surface area contributed by atoms with E-state index in [1.54, 1.807) is 6.92 Å². The Labute approximate surface area is 94.1 Å². The summed E-state index contributed by atoms with van der Waals surface area (Å²) < 4.78 is 5.24. The molecular weight excluding hydrogens is 202 g/mol. The lowest BCUT2D eigenvalue weighted by Gasteiger charge is -2.08. The maximum atomic E-state index is 11.4. The van der Waals surface area contributed by atoms with Crippen LogP contribution in [-0.2, 0) is 0 Å². The van der Waals surface area contributed by atoms with Gasteiger partial charge in [0.25, 0.3) is 0 Å². The lowest BCUT2D eigenvalue weighted by Crippen LogP contribution is -2.03. The van der Waals surface area contributed by atoms with Crippen LogP contribution in [0.3, 0.4) is 0 Å². The maximum absolute atomic E-state index is 11.4. The molecular formula is C13H15NO2. The SMILES string of the molecule is CCNc1cc2oc(=O)c(C)cc2cc1C. The molecule has 0 aliphatic rings. The highest BCUT2D eigenvalue weighted by atomic mass is 16.4. The zero-order valence-electron chi connectivity index (χ0n) is 9.76. The van der Waals surface area contributed by atoms with Crippen molar-refractivity contribution in [3.63, 3.8) is 0 Å². The van der Waals surface area contributed by atoms with Crippen molar-refractivity contribution >= 4 is 16.7 Å². The normalized spacial score (nSPS) is 10.7. The second-order valence-corrected chi connectivity index (χ2v) is 3.95. The molecule has 0 aliphatic heterocycles. The van der Waals surface area contributed by atoms with Gasteiger partial charge in [-0.05, 0) is 38.5 Å². The molecule has 0 unspecified atom stereocenters. The Bertz CT molecular complexity index is 584. The number of fused-ring (bicyclic) bond motifs is 1. The first-order chi connectivity index (χ1) is 7.61. The number of benzene rings is 1.